The van der Waals surface area contributed by atoms with Crippen molar-refractivity contribution in [3.8, 4) is 22.5 Å². The van der Waals surface area contributed by atoms with Crippen LogP contribution in [0.1, 0.15) is 18.1 Å². The molecule has 3 rings (SSSR count). The van der Waals surface area contributed by atoms with Crippen LogP contribution < -0.4 is 0 Å². The van der Waals surface area contributed by atoms with Gasteiger partial charge >= 0.3 is 6.18 Å². The molecule has 0 saturated carbocycles. The fourth-order valence-electron chi connectivity index (χ4n) is 2.61. The van der Waals surface area contributed by atoms with Gasteiger partial charge in [0.2, 0.25) is 0 Å². The van der Waals surface area contributed by atoms with E-state index < -0.39 is 35.0 Å². The van der Waals surface area contributed by atoms with Crippen molar-refractivity contribution in [3.05, 3.63) is 77.4 Å². The summed E-state index contributed by atoms with van der Waals surface area (Å²) in [6.07, 6.45) is -2.59. The summed E-state index contributed by atoms with van der Waals surface area (Å²) in [5, 5.41) is 0. The lowest BCUT2D eigenvalue weighted by Crippen LogP contribution is -2.11. The smallest absolute Gasteiger partial charge is 0.236 e. The van der Waals surface area contributed by atoms with Gasteiger partial charge in [-0.2, -0.15) is 13.2 Å². The van der Waals surface area contributed by atoms with Gasteiger partial charge in [0.05, 0.1) is 0 Å². The minimum Gasteiger partial charge on any atom is -0.236 e. The minimum atomic E-state index is -5.17. The average molecular weight is 412 g/mol. The molecule has 0 aliphatic heterocycles. The molecule has 2 aromatic carbocycles. The molecule has 0 N–H and O–H groups in total. The van der Waals surface area contributed by atoms with Gasteiger partial charge in [-0.15, -0.1) is 0 Å². The van der Waals surface area contributed by atoms with Crippen LogP contribution in [0, 0.1) is 11.6 Å². The van der Waals surface area contributed by atoms with Gasteiger partial charge in [0.25, 0.3) is 0 Å². The second kappa shape index (κ2) is 7.65. The van der Waals surface area contributed by atoms with Gasteiger partial charge in [-0.3, -0.25) is 0 Å². The number of halogens is 7. The fourth-order valence-corrected chi connectivity index (χ4v) is 2.61. The van der Waals surface area contributed by atoms with Crippen LogP contribution in [0.3, 0.4) is 0 Å². The second-order valence-electron chi connectivity index (χ2n) is 6.03. The number of benzene rings is 2. The Morgan fingerprint density at radius 2 is 1.31 bits per heavy atom. The average Bonchev–Trinajstić information content (AvgIpc) is 2.66. The fraction of sp³-hybridized carbons (Fsp3) is 0.100. The third kappa shape index (κ3) is 4.28. The standard InChI is InChI=1S/C20H11F7N2/c1-10(21)18(24)12-4-2-11(3-5-12)14-8-28-19(29-9-14)13-6-15(22)17(16(23)7-13)20(25,26)27/h2-9H,1H3. The molecule has 0 amide bonds. The predicted molar refractivity (Wildman–Crippen MR) is 92.6 cm³/mol. The first-order valence-electron chi connectivity index (χ1n) is 8.09. The Bertz CT molecular complexity index is 1040. The first-order chi connectivity index (χ1) is 13.6. The molecule has 2 nitrogen and oxygen atoms in total. The maximum absolute atomic E-state index is 13.7. The molecule has 3 aromatic rings. The Hall–Kier alpha value is -3.23. The molecule has 1 aromatic heterocycles. The maximum atomic E-state index is 13.7. The Balaban J connectivity index is 1.90. The molecule has 0 bridgehead atoms. The molecule has 0 aliphatic rings. The lowest BCUT2D eigenvalue weighted by atomic mass is 10.1. The third-order valence-corrected chi connectivity index (χ3v) is 4.01. The van der Waals surface area contributed by atoms with Crippen LogP contribution in [0.4, 0.5) is 30.7 Å². The van der Waals surface area contributed by atoms with Crippen molar-refractivity contribution < 1.29 is 30.7 Å². The number of alkyl halides is 3. The van der Waals surface area contributed by atoms with Crippen molar-refractivity contribution in [1.29, 1.82) is 0 Å². The van der Waals surface area contributed by atoms with Gasteiger partial charge < -0.3 is 0 Å². The number of allylic oxidation sites excluding steroid dienone is 1. The number of hydrogen-bond donors (Lipinski definition) is 0. The Morgan fingerprint density at radius 3 is 1.76 bits per heavy atom. The van der Waals surface area contributed by atoms with Crippen molar-refractivity contribution in [2.45, 2.75) is 13.1 Å². The van der Waals surface area contributed by atoms with Crippen LogP contribution in [0.5, 0.6) is 0 Å². The molecule has 0 unspecified atom stereocenters. The lowest BCUT2D eigenvalue weighted by Gasteiger charge is -2.11. The SMILES string of the molecule is CC(F)=C(F)c1ccc(-c2cnc(-c3cc(F)c(C(F)(F)F)c(F)c3)nc2)cc1. The van der Waals surface area contributed by atoms with Gasteiger partial charge in [0.15, 0.2) is 11.7 Å². The van der Waals surface area contributed by atoms with E-state index in [1.165, 1.54) is 36.7 Å². The zero-order chi connectivity index (χ0) is 21.3. The summed E-state index contributed by atoms with van der Waals surface area (Å²) in [6, 6.07) is 6.69. The molecule has 0 radical (unpaired) electrons. The van der Waals surface area contributed by atoms with Crippen molar-refractivity contribution in [3.63, 3.8) is 0 Å². The quantitative estimate of drug-likeness (QED) is 0.446. The molecule has 0 saturated heterocycles. The minimum absolute atomic E-state index is 0.0435. The maximum Gasteiger partial charge on any atom is 0.422 e. The summed E-state index contributed by atoms with van der Waals surface area (Å²) in [7, 11) is 0. The highest BCUT2D eigenvalue weighted by Gasteiger charge is 2.38. The Labute approximate surface area is 160 Å². The van der Waals surface area contributed by atoms with Crippen LogP contribution in [0.15, 0.2) is 54.6 Å². The van der Waals surface area contributed by atoms with E-state index in [0.29, 0.717) is 23.3 Å². The molecule has 0 atom stereocenters. The number of rotatable bonds is 3. The van der Waals surface area contributed by atoms with Gasteiger partial charge in [0, 0.05) is 29.1 Å². The molecule has 29 heavy (non-hydrogen) atoms. The topological polar surface area (TPSA) is 25.8 Å². The van der Waals surface area contributed by atoms with Crippen LogP contribution in [-0.2, 0) is 6.18 Å². The van der Waals surface area contributed by atoms with Crippen LogP contribution in [0.2, 0.25) is 0 Å². The van der Waals surface area contributed by atoms with Crippen LogP contribution >= 0.6 is 0 Å². The summed E-state index contributed by atoms with van der Waals surface area (Å²) in [5.41, 5.74) is -1.20. The zero-order valence-corrected chi connectivity index (χ0v) is 14.7. The molecule has 9 heteroatoms. The van der Waals surface area contributed by atoms with E-state index in [1.807, 2.05) is 0 Å². The van der Waals surface area contributed by atoms with Crippen molar-refractivity contribution in [2.24, 2.45) is 0 Å². The highest BCUT2D eigenvalue weighted by Crippen LogP contribution is 2.35. The normalized spacial score (nSPS) is 12.7. The summed E-state index contributed by atoms with van der Waals surface area (Å²) in [6.45, 7) is 0.989. The van der Waals surface area contributed by atoms with Gasteiger partial charge in [-0.25, -0.2) is 27.5 Å². The van der Waals surface area contributed by atoms with Gasteiger partial charge in [-0.05, 0) is 24.6 Å². The molecule has 0 aliphatic carbocycles. The van der Waals surface area contributed by atoms with Crippen LogP contribution in [0.25, 0.3) is 28.3 Å². The van der Waals surface area contributed by atoms with Crippen molar-refractivity contribution in [2.75, 3.05) is 0 Å². The number of hydrogen-bond acceptors (Lipinski definition) is 2. The molecule has 150 valence electrons. The van der Waals surface area contributed by atoms with E-state index in [0.717, 1.165) is 6.92 Å². The second-order valence-corrected chi connectivity index (χ2v) is 6.03. The first kappa shape index (κ1) is 20.5. The Kier molecular flexibility index (Phi) is 5.41. The van der Waals surface area contributed by atoms with E-state index in [9.17, 15) is 30.7 Å². The van der Waals surface area contributed by atoms with Crippen molar-refractivity contribution >= 4 is 5.83 Å². The van der Waals surface area contributed by atoms with E-state index in [4.69, 9.17) is 0 Å². The number of aromatic nitrogens is 2. The third-order valence-electron chi connectivity index (χ3n) is 4.01. The number of nitrogens with zero attached hydrogens (tertiary/aromatic N) is 2. The molecule has 0 fully saturated rings. The molecular formula is C20H11F7N2. The first-order valence-corrected chi connectivity index (χ1v) is 8.09. The van der Waals surface area contributed by atoms with Crippen LogP contribution in [-0.4, -0.2) is 9.97 Å². The van der Waals surface area contributed by atoms with E-state index in [1.54, 1.807) is 0 Å². The summed E-state index contributed by atoms with van der Waals surface area (Å²) in [5.74, 6) is -5.67. The largest absolute Gasteiger partial charge is 0.422 e. The predicted octanol–water partition coefficient (Wildman–Crippen LogP) is 6.74. The van der Waals surface area contributed by atoms with E-state index in [2.05, 4.69) is 9.97 Å². The van der Waals surface area contributed by atoms with Gasteiger partial charge in [0.1, 0.15) is 23.0 Å². The van der Waals surface area contributed by atoms with E-state index in [-0.39, 0.29) is 17.0 Å². The Morgan fingerprint density at radius 1 is 0.793 bits per heavy atom. The summed E-state index contributed by atoms with van der Waals surface area (Å²) < 4.78 is 91.9. The molecule has 0 spiro atoms. The highest BCUT2D eigenvalue weighted by molar-refractivity contribution is 5.68. The van der Waals surface area contributed by atoms with Crippen molar-refractivity contribution in [1.82, 2.24) is 9.97 Å². The molecular weight excluding hydrogens is 401 g/mol. The monoisotopic (exact) mass is 412 g/mol. The summed E-state index contributed by atoms with van der Waals surface area (Å²) >= 11 is 0. The summed E-state index contributed by atoms with van der Waals surface area (Å²) in [4.78, 5) is 7.83. The van der Waals surface area contributed by atoms with E-state index >= 15 is 0 Å². The highest BCUT2D eigenvalue weighted by atomic mass is 19.4. The lowest BCUT2D eigenvalue weighted by molar-refractivity contribution is -0.142. The molecule has 1 heterocycles. The zero-order valence-electron chi connectivity index (χ0n) is 14.7. The van der Waals surface area contributed by atoms with Gasteiger partial charge in [-0.1, -0.05) is 24.3 Å².